The number of benzene rings is 1. The van der Waals surface area contributed by atoms with Crippen LogP contribution in [0.2, 0.25) is 5.02 Å². The molecule has 0 bridgehead atoms. The molecule has 2 aliphatic rings. The molecule has 1 aromatic carbocycles. The van der Waals surface area contributed by atoms with E-state index in [2.05, 4.69) is 10.6 Å². The molecule has 5 heteroatoms. The number of nitrogens with one attached hydrogen (secondary N) is 2. The maximum absolute atomic E-state index is 12.4. The lowest BCUT2D eigenvalue weighted by Gasteiger charge is -2.23. The van der Waals surface area contributed by atoms with Crippen LogP contribution in [-0.4, -0.2) is 25.1 Å². The number of piperidine rings is 1. The third-order valence-corrected chi connectivity index (χ3v) is 4.96. The van der Waals surface area contributed by atoms with Gasteiger partial charge in [-0.3, -0.25) is 4.79 Å². The highest BCUT2D eigenvalue weighted by atomic mass is 35.5. The number of rotatable bonds is 4. The molecule has 1 heterocycles. The molecule has 1 saturated heterocycles. The van der Waals surface area contributed by atoms with E-state index < -0.39 is 0 Å². The van der Waals surface area contributed by atoms with Gasteiger partial charge in [-0.15, -0.1) is 0 Å². The smallest absolute Gasteiger partial charge is 0.228 e. The van der Waals surface area contributed by atoms with Crippen LogP contribution in [0.25, 0.3) is 0 Å². The van der Waals surface area contributed by atoms with Crippen molar-refractivity contribution in [2.75, 3.05) is 18.4 Å². The van der Waals surface area contributed by atoms with Crippen molar-refractivity contribution in [3.05, 3.63) is 23.2 Å². The van der Waals surface area contributed by atoms with Crippen molar-refractivity contribution in [1.29, 1.82) is 0 Å². The van der Waals surface area contributed by atoms with Crippen LogP contribution in [-0.2, 0) is 4.79 Å². The second kappa shape index (κ2) is 6.09. The van der Waals surface area contributed by atoms with Crippen molar-refractivity contribution in [1.82, 2.24) is 5.32 Å². The fourth-order valence-corrected chi connectivity index (χ4v) is 3.58. The first-order chi connectivity index (χ1) is 10.5. The van der Waals surface area contributed by atoms with Crippen LogP contribution >= 0.6 is 11.6 Å². The van der Waals surface area contributed by atoms with Crippen molar-refractivity contribution in [2.45, 2.75) is 39.2 Å². The summed E-state index contributed by atoms with van der Waals surface area (Å²) in [6, 6.07) is 5.42. The number of amides is 1. The average molecular weight is 323 g/mol. The summed E-state index contributed by atoms with van der Waals surface area (Å²) in [7, 11) is 0. The first kappa shape index (κ1) is 15.6. The summed E-state index contributed by atoms with van der Waals surface area (Å²) in [5.74, 6) is 0.923. The molecule has 120 valence electrons. The maximum Gasteiger partial charge on any atom is 0.228 e. The maximum atomic E-state index is 12.4. The summed E-state index contributed by atoms with van der Waals surface area (Å²) in [5.41, 5.74) is 0.988. The van der Waals surface area contributed by atoms with E-state index in [0.29, 0.717) is 10.8 Å². The van der Waals surface area contributed by atoms with Crippen molar-refractivity contribution in [3.63, 3.8) is 0 Å². The van der Waals surface area contributed by atoms with Gasteiger partial charge in [-0.2, -0.15) is 0 Å². The summed E-state index contributed by atoms with van der Waals surface area (Å²) in [6.07, 6.45) is 3.30. The number of carbonyl (C=O) groups excluding carboxylic acids is 1. The molecule has 1 aliphatic carbocycles. The van der Waals surface area contributed by atoms with E-state index >= 15 is 0 Å². The number of hydrogen-bond acceptors (Lipinski definition) is 3. The zero-order chi connectivity index (χ0) is 15.7. The van der Waals surface area contributed by atoms with Crippen LogP contribution in [0.4, 0.5) is 5.69 Å². The minimum atomic E-state index is 0.0733. The SMILES string of the molecule is CC(C)Oc1ccc(NC(=O)C2CC23CCNCC3)cc1Cl. The number of anilines is 1. The molecule has 0 aromatic heterocycles. The van der Waals surface area contributed by atoms with Crippen LogP contribution in [0.1, 0.15) is 33.1 Å². The summed E-state index contributed by atoms with van der Waals surface area (Å²) in [6.45, 7) is 5.96. The van der Waals surface area contributed by atoms with Gasteiger partial charge in [0, 0.05) is 11.6 Å². The number of carbonyl (C=O) groups is 1. The Balaban J connectivity index is 1.61. The van der Waals surface area contributed by atoms with Crippen LogP contribution in [0.15, 0.2) is 18.2 Å². The van der Waals surface area contributed by atoms with E-state index in [-0.39, 0.29) is 23.3 Å². The van der Waals surface area contributed by atoms with E-state index in [1.807, 2.05) is 26.0 Å². The zero-order valence-corrected chi connectivity index (χ0v) is 13.9. The fourth-order valence-electron chi connectivity index (χ4n) is 3.35. The Kier molecular flexibility index (Phi) is 4.33. The molecule has 1 saturated carbocycles. The standard InChI is InChI=1S/C17H23ClN2O2/c1-11(2)22-15-4-3-12(9-14(15)18)20-16(21)13-10-17(13)5-7-19-8-6-17/h3-4,9,11,13,19H,5-8,10H2,1-2H3,(H,20,21). The van der Waals surface area contributed by atoms with Crippen LogP contribution in [0, 0.1) is 11.3 Å². The van der Waals surface area contributed by atoms with E-state index in [1.54, 1.807) is 6.07 Å². The predicted octanol–water partition coefficient (Wildman–Crippen LogP) is 3.46. The second-order valence-corrected chi connectivity index (χ2v) is 7.08. The van der Waals surface area contributed by atoms with Crippen LogP contribution in [0.5, 0.6) is 5.75 Å². The van der Waals surface area contributed by atoms with Gasteiger partial charge in [-0.05, 0) is 69.8 Å². The van der Waals surface area contributed by atoms with E-state index in [1.165, 1.54) is 0 Å². The minimum Gasteiger partial charge on any atom is -0.489 e. The molecule has 3 rings (SSSR count). The van der Waals surface area contributed by atoms with Gasteiger partial charge < -0.3 is 15.4 Å². The Bertz CT molecular complexity index is 568. The third kappa shape index (κ3) is 3.23. The summed E-state index contributed by atoms with van der Waals surface area (Å²) in [5, 5.41) is 6.88. The van der Waals surface area contributed by atoms with Gasteiger partial charge >= 0.3 is 0 Å². The Morgan fingerprint density at radius 3 is 2.77 bits per heavy atom. The second-order valence-electron chi connectivity index (χ2n) is 6.67. The molecule has 2 N–H and O–H groups in total. The highest BCUT2D eigenvalue weighted by Crippen LogP contribution is 2.58. The molecule has 1 unspecified atom stereocenters. The van der Waals surface area contributed by atoms with Gasteiger partial charge in [-0.25, -0.2) is 0 Å². The molecular formula is C17H23ClN2O2. The van der Waals surface area contributed by atoms with Gasteiger partial charge in [0.2, 0.25) is 5.91 Å². The first-order valence-electron chi connectivity index (χ1n) is 7.98. The topological polar surface area (TPSA) is 50.4 Å². The first-order valence-corrected chi connectivity index (χ1v) is 8.36. The Morgan fingerprint density at radius 1 is 1.41 bits per heavy atom. The van der Waals surface area contributed by atoms with Crippen molar-refractivity contribution in [3.8, 4) is 5.75 Å². The van der Waals surface area contributed by atoms with Crippen molar-refractivity contribution < 1.29 is 9.53 Å². The predicted molar refractivity (Wildman–Crippen MR) is 88.5 cm³/mol. The number of halogens is 1. The van der Waals surface area contributed by atoms with E-state index in [4.69, 9.17) is 16.3 Å². The lowest BCUT2D eigenvalue weighted by molar-refractivity contribution is -0.118. The molecule has 1 spiro atoms. The van der Waals surface area contributed by atoms with E-state index in [0.717, 1.165) is 38.0 Å². The largest absolute Gasteiger partial charge is 0.489 e. The van der Waals surface area contributed by atoms with E-state index in [9.17, 15) is 4.79 Å². The number of hydrogen-bond donors (Lipinski definition) is 2. The monoisotopic (exact) mass is 322 g/mol. The van der Waals surface area contributed by atoms with Crippen LogP contribution < -0.4 is 15.4 Å². The van der Waals surface area contributed by atoms with Gasteiger partial charge in [-0.1, -0.05) is 11.6 Å². The molecule has 0 radical (unpaired) electrons. The fraction of sp³-hybridized carbons (Fsp3) is 0.588. The Morgan fingerprint density at radius 2 is 2.14 bits per heavy atom. The lowest BCUT2D eigenvalue weighted by atomic mass is 9.92. The summed E-state index contributed by atoms with van der Waals surface area (Å²) in [4.78, 5) is 12.4. The molecular weight excluding hydrogens is 300 g/mol. The number of ether oxygens (including phenoxy) is 1. The van der Waals surface area contributed by atoms with Crippen molar-refractivity contribution >= 4 is 23.2 Å². The average Bonchev–Trinajstić information content (AvgIpc) is 3.16. The molecule has 1 aromatic rings. The Hall–Kier alpha value is -1.26. The summed E-state index contributed by atoms with van der Waals surface area (Å²) >= 11 is 6.21. The molecule has 1 amide bonds. The molecule has 1 atom stereocenters. The molecule has 2 fully saturated rings. The van der Waals surface area contributed by atoms with Gasteiger partial charge in [0.05, 0.1) is 11.1 Å². The zero-order valence-electron chi connectivity index (χ0n) is 13.1. The minimum absolute atomic E-state index is 0.0733. The highest BCUT2D eigenvalue weighted by molar-refractivity contribution is 6.32. The summed E-state index contributed by atoms with van der Waals surface area (Å²) < 4.78 is 5.60. The quantitative estimate of drug-likeness (QED) is 0.892. The molecule has 22 heavy (non-hydrogen) atoms. The van der Waals surface area contributed by atoms with Gasteiger partial charge in [0.15, 0.2) is 0 Å². The highest BCUT2D eigenvalue weighted by Gasteiger charge is 2.57. The Labute approximate surface area is 136 Å². The lowest BCUT2D eigenvalue weighted by Crippen LogP contribution is -2.31. The van der Waals surface area contributed by atoms with Gasteiger partial charge in [0.1, 0.15) is 5.75 Å². The normalized spacial score (nSPS) is 22.6. The van der Waals surface area contributed by atoms with Gasteiger partial charge in [0.25, 0.3) is 0 Å². The third-order valence-electron chi connectivity index (χ3n) is 4.67. The molecule has 1 aliphatic heterocycles. The molecule has 4 nitrogen and oxygen atoms in total. The van der Waals surface area contributed by atoms with Crippen LogP contribution in [0.3, 0.4) is 0 Å². The van der Waals surface area contributed by atoms with Crippen molar-refractivity contribution in [2.24, 2.45) is 11.3 Å².